The summed E-state index contributed by atoms with van der Waals surface area (Å²) < 4.78 is 29.6. The zero-order chi connectivity index (χ0) is 9.90. The topological polar surface area (TPSA) is 46.6 Å². The van der Waals surface area contributed by atoms with Gasteiger partial charge in [-0.1, -0.05) is 6.92 Å². The quantitative estimate of drug-likeness (QED) is 0.665. The van der Waals surface area contributed by atoms with Crippen molar-refractivity contribution >= 4 is 21.6 Å². The van der Waals surface area contributed by atoms with Gasteiger partial charge in [-0.2, -0.15) is 4.31 Å². The van der Waals surface area contributed by atoms with Crippen molar-refractivity contribution in [3.8, 4) is 0 Å². The minimum atomic E-state index is -3.26. The highest BCUT2D eigenvalue weighted by atomic mass is 35.5. The Morgan fingerprint density at radius 1 is 1.62 bits per heavy atom. The lowest BCUT2D eigenvalue weighted by atomic mass is 10.2. The van der Waals surface area contributed by atoms with Gasteiger partial charge in [-0.25, -0.2) is 8.42 Å². The molecule has 0 bridgehead atoms. The summed E-state index contributed by atoms with van der Waals surface area (Å²) in [5.74, 6) is 0. The highest BCUT2D eigenvalue weighted by Crippen LogP contribution is 2.15. The lowest BCUT2D eigenvalue weighted by Gasteiger charge is -2.33. The van der Waals surface area contributed by atoms with E-state index in [-0.39, 0.29) is 11.3 Å². The van der Waals surface area contributed by atoms with Gasteiger partial charge in [0.2, 0.25) is 10.0 Å². The fraction of sp³-hybridized carbons (Fsp3) is 1.00. The average Bonchev–Trinajstić information content (AvgIpc) is 2.18. The maximum Gasteiger partial charge on any atom is 0.228 e. The van der Waals surface area contributed by atoms with Crippen molar-refractivity contribution in [2.24, 2.45) is 0 Å². The van der Waals surface area contributed by atoms with Crippen molar-refractivity contribution in [1.82, 2.24) is 4.31 Å². The molecule has 0 amide bonds. The van der Waals surface area contributed by atoms with E-state index in [0.717, 1.165) is 6.42 Å². The Bertz CT molecular complexity index is 254. The van der Waals surface area contributed by atoms with Gasteiger partial charge in [0, 0.05) is 12.6 Å². The highest BCUT2D eigenvalue weighted by Gasteiger charge is 2.30. The molecule has 78 valence electrons. The number of morpholine rings is 1. The second-order valence-electron chi connectivity index (χ2n) is 2.97. The third-order valence-electron chi connectivity index (χ3n) is 2.14. The molecule has 1 unspecified atom stereocenters. The van der Waals surface area contributed by atoms with Crippen LogP contribution in [0.5, 0.6) is 0 Å². The van der Waals surface area contributed by atoms with Gasteiger partial charge >= 0.3 is 0 Å². The lowest BCUT2D eigenvalue weighted by molar-refractivity contribution is 0.0316. The molecule has 1 aliphatic heterocycles. The number of alkyl halides is 1. The predicted molar refractivity (Wildman–Crippen MR) is 51.2 cm³/mol. The molecule has 13 heavy (non-hydrogen) atoms. The maximum absolute atomic E-state index is 11.5. The third-order valence-corrected chi connectivity index (χ3v) is 4.44. The molecule has 0 aromatic carbocycles. The second-order valence-corrected chi connectivity index (χ2v) is 5.47. The largest absolute Gasteiger partial charge is 0.378 e. The Hall–Kier alpha value is 0.160. The second kappa shape index (κ2) is 4.59. The Kier molecular flexibility index (Phi) is 3.97. The van der Waals surface area contributed by atoms with Crippen molar-refractivity contribution in [1.29, 1.82) is 0 Å². The van der Waals surface area contributed by atoms with Gasteiger partial charge in [-0.05, 0) is 6.42 Å². The van der Waals surface area contributed by atoms with E-state index >= 15 is 0 Å². The van der Waals surface area contributed by atoms with Crippen LogP contribution in [-0.2, 0) is 14.8 Å². The summed E-state index contributed by atoms with van der Waals surface area (Å²) in [6.45, 7) is 3.31. The molecule has 1 aliphatic rings. The third kappa shape index (κ3) is 2.56. The summed E-state index contributed by atoms with van der Waals surface area (Å²) in [4.78, 5) is 0. The van der Waals surface area contributed by atoms with E-state index in [1.807, 2.05) is 6.92 Å². The normalized spacial score (nSPS) is 26.2. The van der Waals surface area contributed by atoms with Crippen LogP contribution in [0.25, 0.3) is 0 Å². The molecule has 0 aromatic heterocycles. The standard InChI is InChI=1S/C7H14ClNO3S/c1-2-7-5-12-4-3-9(7)13(10,11)6-8/h7H,2-6H2,1H3. The molecule has 0 spiro atoms. The Balaban J connectivity index is 2.75. The predicted octanol–water partition coefficient (Wildman–Crippen LogP) is 0.623. The smallest absolute Gasteiger partial charge is 0.228 e. The van der Waals surface area contributed by atoms with Crippen LogP contribution in [0.4, 0.5) is 0 Å². The number of rotatable bonds is 3. The van der Waals surface area contributed by atoms with Crippen LogP contribution in [-0.4, -0.2) is 43.7 Å². The van der Waals surface area contributed by atoms with Crippen LogP contribution >= 0.6 is 11.6 Å². The summed E-state index contributed by atoms with van der Waals surface area (Å²) >= 11 is 5.38. The molecule has 0 aliphatic carbocycles. The average molecular weight is 228 g/mol. The molecule has 0 N–H and O–H groups in total. The van der Waals surface area contributed by atoms with Crippen LogP contribution < -0.4 is 0 Å². The van der Waals surface area contributed by atoms with Crippen molar-refractivity contribution in [2.75, 3.05) is 25.0 Å². The van der Waals surface area contributed by atoms with Gasteiger partial charge in [-0.3, -0.25) is 0 Å². The number of halogens is 1. The highest BCUT2D eigenvalue weighted by molar-refractivity contribution is 7.90. The fourth-order valence-corrected chi connectivity index (χ4v) is 2.91. The van der Waals surface area contributed by atoms with E-state index in [9.17, 15) is 8.42 Å². The van der Waals surface area contributed by atoms with Crippen LogP contribution in [0.3, 0.4) is 0 Å². The molecule has 1 fully saturated rings. The van der Waals surface area contributed by atoms with Crippen molar-refractivity contribution in [3.63, 3.8) is 0 Å². The SMILES string of the molecule is CCC1COCCN1S(=O)(=O)CCl. The van der Waals surface area contributed by atoms with Crippen LogP contribution in [0.15, 0.2) is 0 Å². The molecule has 1 heterocycles. The van der Waals surface area contributed by atoms with E-state index < -0.39 is 10.0 Å². The molecule has 1 atom stereocenters. The molecular formula is C7H14ClNO3S. The Labute approximate surface area is 83.9 Å². The maximum atomic E-state index is 11.5. The minimum Gasteiger partial charge on any atom is -0.378 e. The first-order valence-corrected chi connectivity index (χ1v) is 6.39. The molecule has 6 heteroatoms. The summed E-state index contributed by atoms with van der Waals surface area (Å²) in [5.41, 5.74) is 0. The van der Waals surface area contributed by atoms with E-state index in [4.69, 9.17) is 16.3 Å². The number of ether oxygens (including phenoxy) is 1. The first-order valence-electron chi connectivity index (χ1n) is 4.25. The summed E-state index contributed by atoms with van der Waals surface area (Å²) in [5, 5.41) is -0.344. The van der Waals surface area contributed by atoms with Crippen LogP contribution in [0.2, 0.25) is 0 Å². The molecule has 1 rings (SSSR count). The first kappa shape index (κ1) is 11.2. The van der Waals surface area contributed by atoms with Gasteiger partial charge in [0.05, 0.1) is 13.2 Å². The molecule has 4 nitrogen and oxygen atoms in total. The van der Waals surface area contributed by atoms with Crippen LogP contribution in [0, 0.1) is 0 Å². The van der Waals surface area contributed by atoms with Gasteiger partial charge in [0.1, 0.15) is 5.21 Å². The first-order chi connectivity index (χ1) is 6.11. The summed E-state index contributed by atoms with van der Waals surface area (Å²) in [7, 11) is -3.26. The molecular weight excluding hydrogens is 214 g/mol. The zero-order valence-corrected chi connectivity index (χ0v) is 9.14. The molecule has 0 saturated carbocycles. The van der Waals surface area contributed by atoms with Gasteiger partial charge < -0.3 is 4.74 Å². The monoisotopic (exact) mass is 227 g/mol. The molecule has 0 radical (unpaired) electrons. The minimum absolute atomic E-state index is 0.0440. The number of hydrogen-bond acceptors (Lipinski definition) is 3. The van der Waals surface area contributed by atoms with E-state index in [2.05, 4.69) is 0 Å². The lowest BCUT2D eigenvalue weighted by Crippen LogP contribution is -2.48. The van der Waals surface area contributed by atoms with Crippen LogP contribution in [0.1, 0.15) is 13.3 Å². The number of nitrogens with zero attached hydrogens (tertiary/aromatic N) is 1. The summed E-state index contributed by atoms with van der Waals surface area (Å²) in [6, 6.07) is -0.0440. The number of sulfonamides is 1. The van der Waals surface area contributed by atoms with Gasteiger partial charge in [-0.15, -0.1) is 11.6 Å². The molecule has 1 saturated heterocycles. The summed E-state index contributed by atoms with van der Waals surface area (Å²) in [6.07, 6.45) is 0.760. The molecule has 0 aromatic rings. The van der Waals surface area contributed by atoms with Gasteiger partial charge in [0.25, 0.3) is 0 Å². The fourth-order valence-electron chi connectivity index (χ4n) is 1.39. The van der Waals surface area contributed by atoms with Crippen molar-refractivity contribution in [2.45, 2.75) is 19.4 Å². The van der Waals surface area contributed by atoms with Crippen molar-refractivity contribution in [3.05, 3.63) is 0 Å². The van der Waals surface area contributed by atoms with Crippen molar-refractivity contribution < 1.29 is 13.2 Å². The van der Waals surface area contributed by atoms with E-state index in [0.29, 0.717) is 19.8 Å². The van der Waals surface area contributed by atoms with E-state index in [1.54, 1.807) is 0 Å². The Morgan fingerprint density at radius 3 is 2.85 bits per heavy atom. The number of hydrogen-bond donors (Lipinski definition) is 0. The van der Waals surface area contributed by atoms with E-state index in [1.165, 1.54) is 4.31 Å². The Morgan fingerprint density at radius 2 is 2.31 bits per heavy atom. The van der Waals surface area contributed by atoms with Gasteiger partial charge in [0.15, 0.2) is 0 Å². The zero-order valence-electron chi connectivity index (χ0n) is 7.57.